The Morgan fingerprint density at radius 3 is 2.46 bits per heavy atom. The van der Waals surface area contributed by atoms with Crippen molar-refractivity contribution in [1.82, 2.24) is 10.8 Å². The zero-order valence-electron chi connectivity index (χ0n) is 15.1. The zero-order valence-corrected chi connectivity index (χ0v) is 15.1. The van der Waals surface area contributed by atoms with Gasteiger partial charge in [0.15, 0.2) is 0 Å². The average molecular weight is 356 g/mol. The number of rotatable bonds is 6. The molecule has 5 nitrogen and oxygen atoms in total. The highest BCUT2D eigenvalue weighted by Gasteiger charge is 2.56. The van der Waals surface area contributed by atoms with E-state index in [9.17, 15) is 9.90 Å². The number of amides is 1. The standard InChI is InChI=1S/C21H28N2O3/c24-19(23-26)6-5-15-1-3-16(4-2-15)12-22-14-20-8-17-7-18(9-20)11-21(25,10-17)13-20/h1-6,17-18,22,25-26H,7-14H2,(H,23,24)/b6-5+. The van der Waals surface area contributed by atoms with E-state index >= 15 is 0 Å². The lowest BCUT2D eigenvalue weighted by Gasteiger charge is -2.60. The molecular formula is C21H28N2O3. The number of hydrogen-bond acceptors (Lipinski definition) is 4. The van der Waals surface area contributed by atoms with Crippen molar-refractivity contribution in [3.8, 4) is 0 Å². The molecule has 4 aliphatic rings. The van der Waals surface area contributed by atoms with Crippen molar-refractivity contribution in [3.05, 3.63) is 41.5 Å². The molecule has 2 unspecified atom stereocenters. The minimum atomic E-state index is -0.534. The van der Waals surface area contributed by atoms with E-state index in [4.69, 9.17) is 5.21 Å². The van der Waals surface area contributed by atoms with E-state index in [0.29, 0.717) is 5.41 Å². The van der Waals surface area contributed by atoms with E-state index in [-0.39, 0.29) is 5.60 Å². The molecule has 26 heavy (non-hydrogen) atoms. The molecule has 140 valence electrons. The topological polar surface area (TPSA) is 81.6 Å². The predicted molar refractivity (Wildman–Crippen MR) is 99.2 cm³/mol. The van der Waals surface area contributed by atoms with E-state index < -0.39 is 5.91 Å². The number of carbonyl (C=O) groups is 1. The first-order valence-electron chi connectivity index (χ1n) is 9.62. The predicted octanol–water partition coefficient (Wildman–Crippen LogP) is 2.63. The molecule has 1 amide bonds. The number of hydrogen-bond donors (Lipinski definition) is 4. The second-order valence-electron chi connectivity index (χ2n) is 8.84. The highest BCUT2D eigenvalue weighted by Crippen LogP contribution is 2.61. The van der Waals surface area contributed by atoms with Gasteiger partial charge in [-0.3, -0.25) is 10.0 Å². The molecule has 5 rings (SSSR count). The van der Waals surface area contributed by atoms with Crippen LogP contribution >= 0.6 is 0 Å². The Bertz CT molecular complexity index is 684. The van der Waals surface area contributed by atoms with Crippen molar-refractivity contribution in [2.24, 2.45) is 17.3 Å². The van der Waals surface area contributed by atoms with Crippen LogP contribution < -0.4 is 10.8 Å². The lowest BCUT2D eigenvalue weighted by Crippen LogP contribution is -2.58. The monoisotopic (exact) mass is 356 g/mol. The fraction of sp³-hybridized carbons (Fsp3) is 0.571. The van der Waals surface area contributed by atoms with Crippen LogP contribution in [0.15, 0.2) is 30.3 Å². The average Bonchev–Trinajstić information content (AvgIpc) is 2.58. The van der Waals surface area contributed by atoms with Gasteiger partial charge < -0.3 is 10.4 Å². The lowest BCUT2D eigenvalue weighted by molar-refractivity contribution is -0.162. The van der Waals surface area contributed by atoms with Gasteiger partial charge in [-0.1, -0.05) is 24.3 Å². The van der Waals surface area contributed by atoms with Crippen molar-refractivity contribution in [1.29, 1.82) is 0 Å². The largest absolute Gasteiger partial charge is 0.390 e. The van der Waals surface area contributed by atoms with E-state index in [0.717, 1.165) is 49.8 Å². The van der Waals surface area contributed by atoms with Gasteiger partial charge in [0.1, 0.15) is 0 Å². The SMILES string of the molecule is O=C(/C=C/c1ccc(CNCC23CC4CC(CC(O)(C4)C2)C3)cc1)NO. The molecule has 0 saturated heterocycles. The van der Waals surface area contributed by atoms with Crippen LogP contribution in [0.25, 0.3) is 6.08 Å². The molecule has 4 aliphatic carbocycles. The molecule has 1 aromatic rings. The summed E-state index contributed by atoms with van der Waals surface area (Å²) in [5, 5.41) is 23.0. The van der Waals surface area contributed by atoms with Crippen LogP contribution in [0, 0.1) is 17.3 Å². The molecule has 0 aromatic heterocycles. The Kier molecular flexibility index (Phi) is 4.63. The third kappa shape index (κ3) is 3.70. The molecule has 4 bridgehead atoms. The second-order valence-corrected chi connectivity index (χ2v) is 8.84. The highest BCUT2D eigenvalue weighted by atomic mass is 16.5. The Labute approximate surface area is 154 Å². The number of carbonyl (C=O) groups excluding carboxylic acids is 1. The van der Waals surface area contributed by atoms with Crippen molar-refractivity contribution in [2.75, 3.05) is 6.54 Å². The lowest BCUT2D eigenvalue weighted by atomic mass is 9.48. The van der Waals surface area contributed by atoms with Gasteiger partial charge in [-0.15, -0.1) is 0 Å². The second kappa shape index (κ2) is 6.80. The molecule has 4 saturated carbocycles. The van der Waals surface area contributed by atoms with Gasteiger partial charge >= 0.3 is 0 Å². The first-order chi connectivity index (χ1) is 12.5. The molecule has 2 atom stereocenters. The summed E-state index contributed by atoms with van der Waals surface area (Å²) < 4.78 is 0. The van der Waals surface area contributed by atoms with Gasteiger partial charge in [-0.05, 0) is 73.0 Å². The number of hydroxylamine groups is 1. The minimum Gasteiger partial charge on any atom is -0.390 e. The smallest absolute Gasteiger partial charge is 0.267 e. The molecule has 5 heteroatoms. The van der Waals surface area contributed by atoms with Crippen LogP contribution in [-0.2, 0) is 11.3 Å². The van der Waals surface area contributed by atoms with Gasteiger partial charge in [0.2, 0.25) is 0 Å². The summed E-state index contributed by atoms with van der Waals surface area (Å²) >= 11 is 0. The summed E-state index contributed by atoms with van der Waals surface area (Å²) in [6, 6.07) is 8.03. The maximum Gasteiger partial charge on any atom is 0.267 e. The quantitative estimate of drug-likeness (QED) is 0.359. The van der Waals surface area contributed by atoms with Crippen molar-refractivity contribution in [3.63, 3.8) is 0 Å². The molecule has 4 fully saturated rings. The third-order valence-electron chi connectivity index (χ3n) is 6.50. The van der Waals surface area contributed by atoms with E-state index in [2.05, 4.69) is 17.4 Å². The summed E-state index contributed by atoms with van der Waals surface area (Å²) in [4.78, 5) is 11.0. The Morgan fingerprint density at radius 1 is 1.15 bits per heavy atom. The molecule has 1 aromatic carbocycles. The molecule has 4 N–H and O–H groups in total. The highest BCUT2D eigenvalue weighted by molar-refractivity contribution is 5.90. The first-order valence-corrected chi connectivity index (χ1v) is 9.62. The Hall–Kier alpha value is -1.69. The molecule has 0 spiro atoms. The van der Waals surface area contributed by atoms with Crippen molar-refractivity contribution in [2.45, 2.75) is 50.7 Å². The summed E-state index contributed by atoms with van der Waals surface area (Å²) in [5.41, 5.74) is 3.60. The van der Waals surface area contributed by atoms with Crippen LogP contribution in [-0.4, -0.2) is 28.4 Å². The summed E-state index contributed by atoms with van der Waals surface area (Å²) in [6.45, 7) is 1.80. The van der Waals surface area contributed by atoms with E-state index in [1.54, 1.807) is 11.6 Å². The Balaban J connectivity index is 1.31. The first kappa shape index (κ1) is 17.7. The fourth-order valence-electron chi connectivity index (χ4n) is 6.04. The van der Waals surface area contributed by atoms with Gasteiger partial charge in [0.25, 0.3) is 5.91 Å². The number of benzene rings is 1. The summed E-state index contributed by atoms with van der Waals surface area (Å²) in [5.74, 6) is 0.920. The van der Waals surface area contributed by atoms with Crippen LogP contribution in [0.4, 0.5) is 0 Å². The van der Waals surface area contributed by atoms with Crippen LogP contribution in [0.3, 0.4) is 0 Å². The van der Waals surface area contributed by atoms with Crippen molar-refractivity contribution < 1.29 is 15.1 Å². The maximum atomic E-state index is 11.0. The van der Waals surface area contributed by atoms with Crippen LogP contribution in [0.2, 0.25) is 0 Å². The van der Waals surface area contributed by atoms with Crippen LogP contribution in [0.5, 0.6) is 0 Å². The van der Waals surface area contributed by atoms with E-state index in [1.807, 2.05) is 12.1 Å². The van der Waals surface area contributed by atoms with Gasteiger partial charge in [-0.25, -0.2) is 5.48 Å². The third-order valence-corrected chi connectivity index (χ3v) is 6.50. The van der Waals surface area contributed by atoms with Gasteiger partial charge in [0, 0.05) is 19.2 Å². The fourth-order valence-corrected chi connectivity index (χ4v) is 6.04. The van der Waals surface area contributed by atoms with Gasteiger partial charge in [-0.2, -0.15) is 0 Å². The molecule has 0 heterocycles. The zero-order chi connectivity index (χ0) is 18.2. The summed E-state index contributed by atoms with van der Waals surface area (Å²) in [7, 11) is 0. The molecule has 0 aliphatic heterocycles. The normalized spacial score (nSPS) is 35.2. The van der Waals surface area contributed by atoms with Crippen LogP contribution in [0.1, 0.15) is 49.7 Å². The van der Waals surface area contributed by atoms with Gasteiger partial charge in [0.05, 0.1) is 5.60 Å². The molecule has 0 radical (unpaired) electrons. The minimum absolute atomic E-state index is 0.291. The van der Waals surface area contributed by atoms with E-state index in [1.165, 1.54) is 30.9 Å². The van der Waals surface area contributed by atoms with Crippen molar-refractivity contribution >= 4 is 12.0 Å². The number of aliphatic hydroxyl groups is 1. The summed E-state index contributed by atoms with van der Waals surface area (Å²) in [6.07, 6.45) is 9.85. The molecular weight excluding hydrogens is 328 g/mol. The maximum absolute atomic E-state index is 11.0. The Morgan fingerprint density at radius 2 is 1.85 bits per heavy atom. The number of nitrogens with one attached hydrogen (secondary N) is 2.